The quantitative estimate of drug-likeness (QED) is 0.767. The largest absolute Gasteiger partial charge is 0.311 e. The Balaban J connectivity index is 2.14. The molecule has 0 aliphatic heterocycles. The number of benzene rings is 1. The van der Waals surface area contributed by atoms with Gasteiger partial charge in [-0.15, -0.1) is 0 Å². The number of aromatic amines is 1. The SMILES string of the molecule is CCNCc1cc(=O)[nH]c(-c2nccc3ccccc23)n1. The number of aromatic nitrogens is 3. The molecule has 3 aromatic rings. The average Bonchev–Trinajstić information content (AvgIpc) is 2.52. The van der Waals surface area contributed by atoms with E-state index in [1.807, 2.05) is 37.3 Å². The van der Waals surface area contributed by atoms with E-state index in [0.29, 0.717) is 23.8 Å². The molecule has 2 N–H and O–H groups in total. The Labute approximate surface area is 122 Å². The van der Waals surface area contributed by atoms with Crippen molar-refractivity contribution in [2.45, 2.75) is 13.5 Å². The number of pyridine rings is 1. The first-order valence-electron chi connectivity index (χ1n) is 6.93. The highest BCUT2D eigenvalue weighted by Crippen LogP contribution is 2.22. The third-order valence-electron chi connectivity index (χ3n) is 3.25. The van der Waals surface area contributed by atoms with Gasteiger partial charge in [-0.05, 0) is 18.0 Å². The molecule has 21 heavy (non-hydrogen) atoms. The van der Waals surface area contributed by atoms with Gasteiger partial charge in [-0.1, -0.05) is 31.2 Å². The molecule has 1 aromatic carbocycles. The summed E-state index contributed by atoms with van der Waals surface area (Å²) in [6, 6.07) is 11.4. The maximum absolute atomic E-state index is 11.8. The molecule has 0 fully saturated rings. The zero-order valence-corrected chi connectivity index (χ0v) is 11.8. The van der Waals surface area contributed by atoms with E-state index in [9.17, 15) is 4.79 Å². The highest BCUT2D eigenvalue weighted by Gasteiger charge is 2.09. The van der Waals surface area contributed by atoms with Crippen LogP contribution in [-0.4, -0.2) is 21.5 Å². The van der Waals surface area contributed by atoms with Crippen molar-refractivity contribution in [1.82, 2.24) is 20.3 Å². The second-order valence-corrected chi connectivity index (χ2v) is 4.75. The molecule has 0 atom stereocenters. The molecule has 106 valence electrons. The molecule has 0 saturated carbocycles. The summed E-state index contributed by atoms with van der Waals surface area (Å²) in [4.78, 5) is 23.5. The van der Waals surface area contributed by atoms with E-state index in [4.69, 9.17) is 0 Å². The van der Waals surface area contributed by atoms with E-state index >= 15 is 0 Å². The van der Waals surface area contributed by atoms with Crippen LogP contribution in [0.1, 0.15) is 12.6 Å². The molecule has 0 saturated heterocycles. The van der Waals surface area contributed by atoms with E-state index in [2.05, 4.69) is 20.3 Å². The zero-order chi connectivity index (χ0) is 14.7. The first-order chi connectivity index (χ1) is 10.3. The third kappa shape index (κ3) is 2.83. The van der Waals surface area contributed by atoms with E-state index in [-0.39, 0.29) is 5.56 Å². The van der Waals surface area contributed by atoms with Crippen molar-refractivity contribution in [1.29, 1.82) is 0 Å². The fourth-order valence-electron chi connectivity index (χ4n) is 2.27. The van der Waals surface area contributed by atoms with Gasteiger partial charge in [0.2, 0.25) is 0 Å². The second kappa shape index (κ2) is 5.85. The minimum atomic E-state index is -0.164. The lowest BCUT2D eigenvalue weighted by Gasteiger charge is -2.07. The van der Waals surface area contributed by atoms with Crippen molar-refractivity contribution in [2.24, 2.45) is 0 Å². The van der Waals surface area contributed by atoms with Gasteiger partial charge < -0.3 is 10.3 Å². The van der Waals surface area contributed by atoms with Gasteiger partial charge in [0, 0.05) is 24.2 Å². The van der Waals surface area contributed by atoms with Gasteiger partial charge in [-0.25, -0.2) is 4.98 Å². The topological polar surface area (TPSA) is 70.7 Å². The molecule has 0 amide bonds. The van der Waals surface area contributed by atoms with E-state index in [1.165, 1.54) is 6.07 Å². The predicted octanol–water partition coefficient (Wildman–Crippen LogP) is 2.09. The molecule has 2 aromatic heterocycles. The standard InChI is InChI=1S/C16H16N4O/c1-2-17-10-12-9-14(21)20-16(19-12)15-13-6-4-3-5-11(13)7-8-18-15/h3-9,17H,2,10H2,1H3,(H,19,20,21). The van der Waals surface area contributed by atoms with Crippen LogP contribution in [0.4, 0.5) is 0 Å². The fraction of sp³-hybridized carbons (Fsp3) is 0.188. The summed E-state index contributed by atoms with van der Waals surface area (Å²) in [5.41, 5.74) is 1.25. The van der Waals surface area contributed by atoms with Gasteiger partial charge in [-0.2, -0.15) is 0 Å². The molecule has 0 radical (unpaired) electrons. The summed E-state index contributed by atoms with van der Waals surface area (Å²) in [6.07, 6.45) is 1.73. The maximum atomic E-state index is 11.8. The fourth-order valence-corrected chi connectivity index (χ4v) is 2.27. The van der Waals surface area contributed by atoms with Crippen LogP contribution in [0.5, 0.6) is 0 Å². The van der Waals surface area contributed by atoms with Crippen LogP contribution >= 0.6 is 0 Å². The van der Waals surface area contributed by atoms with Gasteiger partial charge in [0.1, 0.15) is 5.69 Å². The molecule has 0 spiro atoms. The van der Waals surface area contributed by atoms with Gasteiger partial charge in [0.05, 0.1) is 5.69 Å². The molecule has 0 aliphatic carbocycles. The summed E-state index contributed by atoms with van der Waals surface area (Å²) in [5, 5.41) is 5.22. The number of hydrogen-bond acceptors (Lipinski definition) is 4. The number of rotatable bonds is 4. The van der Waals surface area contributed by atoms with Crippen molar-refractivity contribution in [3.63, 3.8) is 0 Å². The highest BCUT2D eigenvalue weighted by atomic mass is 16.1. The number of fused-ring (bicyclic) bond motifs is 1. The Hall–Kier alpha value is -2.53. The zero-order valence-electron chi connectivity index (χ0n) is 11.8. The van der Waals surface area contributed by atoms with Crippen molar-refractivity contribution in [3.8, 4) is 11.5 Å². The highest BCUT2D eigenvalue weighted by molar-refractivity contribution is 5.92. The number of nitrogens with zero attached hydrogens (tertiary/aromatic N) is 2. The summed E-state index contributed by atoms with van der Waals surface area (Å²) in [5.74, 6) is 0.507. The van der Waals surface area contributed by atoms with E-state index in [1.54, 1.807) is 6.20 Å². The third-order valence-corrected chi connectivity index (χ3v) is 3.25. The van der Waals surface area contributed by atoms with Gasteiger partial charge >= 0.3 is 0 Å². The van der Waals surface area contributed by atoms with Gasteiger partial charge in [0.15, 0.2) is 5.82 Å². The predicted molar refractivity (Wildman–Crippen MR) is 83.0 cm³/mol. The molecule has 3 rings (SSSR count). The maximum Gasteiger partial charge on any atom is 0.251 e. The van der Waals surface area contributed by atoms with Crippen LogP contribution in [0.15, 0.2) is 47.4 Å². The smallest absolute Gasteiger partial charge is 0.251 e. The molecule has 0 unspecified atom stereocenters. The Bertz CT molecular complexity index is 820. The van der Waals surface area contributed by atoms with Gasteiger partial charge in [-0.3, -0.25) is 9.78 Å². The van der Waals surface area contributed by atoms with Crippen LogP contribution < -0.4 is 10.9 Å². The van der Waals surface area contributed by atoms with Crippen LogP contribution in [-0.2, 0) is 6.54 Å². The van der Waals surface area contributed by atoms with E-state index in [0.717, 1.165) is 17.3 Å². The van der Waals surface area contributed by atoms with Crippen molar-refractivity contribution >= 4 is 10.8 Å². The van der Waals surface area contributed by atoms with E-state index < -0.39 is 0 Å². The summed E-state index contributed by atoms with van der Waals surface area (Å²) in [7, 11) is 0. The Morgan fingerprint density at radius 1 is 1.24 bits per heavy atom. The summed E-state index contributed by atoms with van der Waals surface area (Å²) >= 11 is 0. The number of H-pyrrole nitrogens is 1. The Kier molecular flexibility index (Phi) is 3.75. The molecular formula is C16H16N4O. The monoisotopic (exact) mass is 280 g/mol. The molecular weight excluding hydrogens is 264 g/mol. The minimum Gasteiger partial charge on any atom is -0.311 e. The molecule has 5 nitrogen and oxygen atoms in total. The van der Waals surface area contributed by atoms with Crippen LogP contribution in [0.25, 0.3) is 22.3 Å². The second-order valence-electron chi connectivity index (χ2n) is 4.75. The van der Waals surface area contributed by atoms with Crippen molar-refractivity contribution in [2.75, 3.05) is 6.54 Å². The molecule has 5 heteroatoms. The first-order valence-corrected chi connectivity index (χ1v) is 6.93. The molecule has 2 heterocycles. The molecule has 0 aliphatic rings. The Morgan fingerprint density at radius 3 is 2.95 bits per heavy atom. The number of hydrogen-bond donors (Lipinski definition) is 2. The van der Waals surface area contributed by atoms with Crippen molar-refractivity contribution in [3.05, 3.63) is 58.6 Å². The normalized spacial score (nSPS) is 10.9. The first kappa shape index (κ1) is 13.5. The van der Waals surface area contributed by atoms with Crippen LogP contribution in [0.2, 0.25) is 0 Å². The van der Waals surface area contributed by atoms with Crippen LogP contribution in [0.3, 0.4) is 0 Å². The Morgan fingerprint density at radius 2 is 2.10 bits per heavy atom. The lowest BCUT2D eigenvalue weighted by molar-refractivity contribution is 0.707. The summed E-state index contributed by atoms with van der Waals surface area (Å²) in [6.45, 7) is 3.41. The lowest BCUT2D eigenvalue weighted by atomic mass is 10.1. The number of nitrogens with one attached hydrogen (secondary N) is 2. The van der Waals surface area contributed by atoms with Gasteiger partial charge in [0.25, 0.3) is 5.56 Å². The molecule has 0 bridgehead atoms. The van der Waals surface area contributed by atoms with Crippen molar-refractivity contribution < 1.29 is 0 Å². The summed E-state index contributed by atoms with van der Waals surface area (Å²) < 4.78 is 0. The lowest BCUT2D eigenvalue weighted by Crippen LogP contribution is -2.17. The van der Waals surface area contributed by atoms with Crippen LogP contribution in [0, 0.1) is 0 Å². The minimum absolute atomic E-state index is 0.164. The average molecular weight is 280 g/mol.